The molecule has 0 saturated carbocycles. The molecule has 0 radical (unpaired) electrons. The first-order valence-corrected chi connectivity index (χ1v) is 24.3. The molecule has 0 aliphatic heterocycles. The average Bonchev–Trinajstić information content (AvgIpc) is 3.16. The number of primary amides is 1. The molecule has 0 rings (SSSR count). The molecule has 2 atom stereocenters. The summed E-state index contributed by atoms with van der Waals surface area (Å²) in [5, 5.41) is 9.74. The molecule has 0 bridgehead atoms. The summed E-state index contributed by atoms with van der Waals surface area (Å²) in [4.78, 5) is 23.9. The van der Waals surface area contributed by atoms with Gasteiger partial charge in [-0.05, 0) is 77.0 Å². The van der Waals surface area contributed by atoms with Crippen molar-refractivity contribution in [3.05, 3.63) is 24.3 Å². The molecule has 2 unspecified atom stereocenters. The number of amides is 1. The van der Waals surface area contributed by atoms with E-state index in [1.807, 2.05) is 0 Å². The first-order chi connectivity index (χ1) is 26.5. The summed E-state index contributed by atoms with van der Waals surface area (Å²) in [6.07, 6.45) is 59.0. The molecule has 0 spiro atoms. The fourth-order valence-corrected chi connectivity index (χ4v) is 7.94. The van der Waals surface area contributed by atoms with Gasteiger partial charge in [-0.3, -0.25) is 9.59 Å². The highest BCUT2D eigenvalue weighted by atomic mass is 16.4. The maximum absolute atomic E-state index is 12.0. The Hall–Kier alpha value is -1.58. The van der Waals surface area contributed by atoms with E-state index in [4.69, 9.17) is 5.73 Å². The van der Waals surface area contributed by atoms with Gasteiger partial charge in [0.25, 0.3) is 0 Å². The number of aliphatic carboxylic acids is 1. The zero-order valence-corrected chi connectivity index (χ0v) is 36.6. The molecule has 54 heavy (non-hydrogen) atoms. The monoisotopic (exact) mass is 758 g/mol. The van der Waals surface area contributed by atoms with Gasteiger partial charge in [-0.15, -0.1) is 0 Å². The van der Waals surface area contributed by atoms with E-state index < -0.39 is 5.97 Å². The van der Waals surface area contributed by atoms with Crippen LogP contribution >= 0.6 is 0 Å². The molecule has 4 nitrogen and oxygen atoms in total. The van der Waals surface area contributed by atoms with Crippen LogP contribution in [0, 0.1) is 11.8 Å². The van der Waals surface area contributed by atoms with Crippen LogP contribution in [0.2, 0.25) is 0 Å². The van der Waals surface area contributed by atoms with Gasteiger partial charge in [0.2, 0.25) is 5.91 Å². The number of carbonyl (C=O) groups is 2. The van der Waals surface area contributed by atoms with E-state index in [0.717, 1.165) is 70.6 Å². The predicted octanol–water partition coefficient (Wildman–Crippen LogP) is 16.5. The second-order valence-electron chi connectivity index (χ2n) is 17.0. The van der Waals surface area contributed by atoms with Gasteiger partial charge >= 0.3 is 5.97 Å². The number of nitrogens with two attached hydrogens (primary N) is 1. The lowest BCUT2D eigenvalue weighted by molar-refractivity contribution is -0.142. The molecule has 3 N–H and O–H groups in total. The summed E-state index contributed by atoms with van der Waals surface area (Å²) in [7, 11) is 0. The molecular formula is C50H95NO3. The minimum absolute atomic E-state index is 0.00701. The number of hydrogen-bond donors (Lipinski definition) is 2. The lowest BCUT2D eigenvalue weighted by Crippen LogP contribution is -2.23. The van der Waals surface area contributed by atoms with Gasteiger partial charge in [0, 0.05) is 5.92 Å². The van der Waals surface area contributed by atoms with Gasteiger partial charge in [0.05, 0.1) is 5.92 Å². The smallest absolute Gasteiger partial charge is 0.306 e. The predicted molar refractivity (Wildman–Crippen MR) is 238 cm³/mol. The first kappa shape index (κ1) is 52.4. The van der Waals surface area contributed by atoms with Crippen LogP contribution in [0.4, 0.5) is 0 Å². The van der Waals surface area contributed by atoms with Crippen LogP contribution in [0.5, 0.6) is 0 Å². The van der Waals surface area contributed by atoms with Crippen molar-refractivity contribution in [1.29, 1.82) is 0 Å². The van der Waals surface area contributed by atoms with Crippen LogP contribution in [-0.4, -0.2) is 17.0 Å². The maximum atomic E-state index is 12.0. The van der Waals surface area contributed by atoms with Crippen LogP contribution in [0.15, 0.2) is 24.3 Å². The van der Waals surface area contributed by atoms with Gasteiger partial charge in [-0.25, -0.2) is 0 Å². The maximum Gasteiger partial charge on any atom is 0.306 e. The number of carboxylic acids is 1. The number of carboxylic acid groups (broad SMARTS) is 1. The highest BCUT2D eigenvalue weighted by molar-refractivity contribution is 5.76. The Morgan fingerprint density at radius 3 is 0.833 bits per heavy atom. The molecule has 0 aliphatic rings. The standard InChI is InChI=1S/C50H95NO3/c1-3-5-7-9-11-13-15-17-19-21-23-25-27-29-31-33-35-39-43-47(49(51)52)44-40-37-38-42-46-48(50(53)54)45-41-36-34-32-30-28-26-24-22-20-18-16-14-12-10-8-6-4-2/h17-20,47-48H,3-16,21-46H2,1-2H3,(H2,51,52)(H,53,54)/b19-17-,20-18-. The van der Waals surface area contributed by atoms with E-state index >= 15 is 0 Å². The van der Waals surface area contributed by atoms with Crippen molar-refractivity contribution in [1.82, 2.24) is 0 Å². The summed E-state index contributed by atoms with van der Waals surface area (Å²) in [5.74, 6) is -0.943. The van der Waals surface area contributed by atoms with Crippen LogP contribution in [0.1, 0.15) is 271 Å². The molecule has 4 heteroatoms. The van der Waals surface area contributed by atoms with Gasteiger partial charge < -0.3 is 10.8 Å². The summed E-state index contributed by atoms with van der Waals surface area (Å²) in [6.45, 7) is 4.56. The molecule has 0 aromatic heterocycles. The zero-order chi connectivity index (χ0) is 39.4. The zero-order valence-electron chi connectivity index (χ0n) is 36.6. The summed E-state index contributed by atoms with van der Waals surface area (Å²) in [6, 6.07) is 0. The minimum Gasteiger partial charge on any atom is -0.481 e. The Bertz CT molecular complexity index is 768. The Labute approximate surface area is 338 Å². The molecule has 0 aromatic carbocycles. The molecule has 0 saturated heterocycles. The molecular weight excluding hydrogens is 663 g/mol. The van der Waals surface area contributed by atoms with E-state index in [-0.39, 0.29) is 17.7 Å². The Kier molecular flexibility index (Phi) is 42.8. The summed E-state index contributed by atoms with van der Waals surface area (Å²) >= 11 is 0. The molecule has 0 heterocycles. The second kappa shape index (κ2) is 44.1. The third-order valence-corrected chi connectivity index (χ3v) is 11.7. The molecule has 0 aromatic rings. The fraction of sp³-hybridized carbons (Fsp3) is 0.880. The molecule has 318 valence electrons. The topological polar surface area (TPSA) is 80.4 Å². The van der Waals surface area contributed by atoms with E-state index in [1.165, 1.54) is 186 Å². The largest absolute Gasteiger partial charge is 0.481 e. The van der Waals surface area contributed by atoms with E-state index in [0.29, 0.717) is 0 Å². The fourth-order valence-electron chi connectivity index (χ4n) is 7.94. The van der Waals surface area contributed by atoms with Crippen molar-refractivity contribution < 1.29 is 14.7 Å². The van der Waals surface area contributed by atoms with E-state index in [1.54, 1.807) is 0 Å². The molecule has 0 fully saturated rings. The summed E-state index contributed by atoms with van der Waals surface area (Å²) < 4.78 is 0. The Morgan fingerprint density at radius 2 is 0.593 bits per heavy atom. The van der Waals surface area contributed by atoms with Crippen molar-refractivity contribution in [2.45, 2.75) is 271 Å². The van der Waals surface area contributed by atoms with Crippen molar-refractivity contribution in [2.75, 3.05) is 0 Å². The third kappa shape index (κ3) is 40.1. The van der Waals surface area contributed by atoms with Crippen LogP contribution in [0.25, 0.3) is 0 Å². The number of hydrogen-bond acceptors (Lipinski definition) is 2. The SMILES string of the molecule is CCCCCCCC/C=C\CCCCCCCCCCC(CCCCCCC(CCCCCCCCCC/C=C\CCCCCCCC)C(=O)O)C(N)=O. The number of carbonyl (C=O) groups excluding carboxylic acids is 1. The van der Waals surface area contributed by atoms with Crippen LogP contribution in [-0.2, 0) is 9.59 Å². The first-order valence-electron chi connectivity index (χ1n) is 24.3. The van der Waals surface area contributed by atoms with Crippen molar-refractivity contribution in [3.63, 3.8) is 0 Å². The lowest BCUT2D eigenvalue weighted by Gasteiger charge is -2.14. The van der Waals surface area contributed by atoms with Crippen molar-refractivity contribution >= 4 is 11.9 Å². The minimum atomic E-state index is -0.619. The van der Waals surface area contributed by atoms with Crippen LogP contribution < -0.4 is 5.73 Å². The van der Waals surface area contributed by atoms with Gasteiger partial charge in [0.15, 0.2) is 0 Å². The number of unbranched alkanes of at least 4 members (excludes halogenated alkanes) is 31. The highest BCUT2D eigenvalue weighted by Gasteiger charge is 2.17. The third-order valence-electron chi connectivity index (χ3n) is 11.7. The van der Waals surface area contributed by atoms with Crippen molar-refractivity contribution in [2.24, 2.45) is 17.6 Å². The highest BCUT2D eigenvalue weighted by Crippen LogP contribution is 2.22. The normalized spacial score (nSPS) is 13.0. The molecule has 1 amide bonds. The number of rotatable bonds is 45. The Balaban J connectivity index is 3.66. The molecule has 0 aliphatic carbocycles. The van der Waals surface area contributed by atoms with E-state index in [2.05, 4.69) is 38.2 Å². The van der Waals surface area contributed by atoms with Crippen LogP contribution in [0.3, 0.4) is 0 Å². The number of allylic oxidation sites excluding steroid dienone is 4. The quantitative estimate of drug-likeness (QED) is 0.0479. The van der Waals surface area contributed by atoms with Gasteiger partial charge in [-0.1, -0.05) is 218 Å². The van der Waals surface area contributed by atoms with E-state index in [9.17, 15) is 14.7 Å². The summed E-state index contributed by atoms with van der Waals surface area (Å²) in [5.41, 5.74) is 5.75. The van der Waals surface area contributed by atoms with Gasteiger partial charge in [-0.2, -0.15) is 0 Å². The van der Waals surface area contributed by atoms with Gasteiger partial charge in [0.1, 0.15) is 0 Å². The van der Waals surface area contributed by atoms with Crippen molar-refractivity contribution in [3.8, 4) is 0 Å². The second-order valence-corrected chi connectivity index (χ2v) is 17.0. The lowest BCUT2D eigenvalue weighted by atomic mass is 9.92. The average molecular weight is 758 g/mol. The Morgan fingerprint density at radius 1 is 0.370 bits per heavy atom.